The third kappa shape index (κ3) is 3.12. The highest BCUT2D eigenvalue weighted by Crippen LogP contribution is 2.38. The summed E-state index contributed by atoms with van der Waals surface area (Å²) in [5.41, 5.74) is 6.13. The van der Waals surface area contributed by atoms with Crippen LogP contribution in [0.1, 0.15) is 46.2 Å². The zero-order valence-electron chi connectivity index (χ0n) is 14.7. The summed E-state index contributed by atoms with van der Waals surface area (Å²) >= 11 is 1.46. The van der Waals surface area contributed by atoms with Crippen molar-refractivity contribution < 1.29 is 4.79 Å². The lowest BCUT2D eigenvalue weighted by atomic mass is 10.1. The van der Waals surface area contributed by atoms with Gasteiger partial charge in [0.25, 0.3) is 5.91 Å². The first-order valence-corrected chi connectivity index (χ1v) is 9.43. The summed E-state index contributed by atoms with van der Waals surface area (Å²) in [6.45, 7) is 6.16. The lowest BCUT2D eigenvalue weighted by Gasteiger charge is -2.07. The summed E-state index contributed by atoms with van der Waals surface area (Å²) in [5, 5.41) is 5.57. The van der Waals surface area contributed by atoms with Crippen molar-refractivity contribution >= 4 is 22.4 Å². The molecule has 3 aromatic rings. The SMILES string of the molecule is Cc1ccc(-c2csc(NC(=O)c3cc(C)n(C4CC4)c3C)n2)cc1. The highest BCUT2D eigenvalue weighted by molar-refractivity contribution is 7.14. The molecular weight excluding hydrogens is 330 g/mol. The zero-order chi connectivity index (χ0) is 17.6. The van der Waals surface area contributed by atoms with Crippen molar-refractivity contribution in [1.29, 1.82) is 0 Å². The fourth-order valence-corrected chi connectivity index (χ4v) is 3.97. The third-order valence-corrected chi connectivity index (χ3v) is 5.47. The number of thiazole rings is 1. The van der Waals surface area contributed by atoms with Crippen molar-refractivity contribution in [3.63, 3.8) is 0 Å². The summed E-state index contributed by atoms with van der Waals surface area (Å²) < 4.78 is 2.29. The van der Waals surface area contributed by atoms with Crippen molar-refractivity contribution in [3.05, 3.63) is 58.2 Å². The molecule has 1 amide bonds. The first kappa shape index (κ1) is 16.1. The van der Waals surface area contributed by atoms with Gasteiger partial charge in [0.2, 0.25) is 0 Å². The molecule has 1 aliphatic carbocycles. The smallest absolute Gasteiger partial charge is 0.259 e. The summed E-state index contributed by atoms with van der Waals surface area (Å²) in [5.74, 6) is -0.0789. The molecule has 2 heterocycles. The topological polar surface area (TPSA) is 46.9 Å². The van der Waals surface area contributed by atoms with Gasteiger partial charge in [-0.2, -0.15) is 0 Å². The zero-order valence-corrected chi connectivity index (χ0v) is 15.5. The summed E-state index contributed by atoms with van der Waals surface area (Å²) in [4.78, 5) is 17.2. The van der Waals surface area contributed by atoms with Crippen molar-refractivity contribution in [2.24, 2.45) is 0 Å². The molecule has 1 fully saturated rings. The Bertz CT molecular complexity index is 933. The quantitative estimate of drug-likeness (QED) is 0.709. The van der Waals surface area contributed by atoms with Crippen LogP contribution in [0.5, 0.6) is 0 Å². The average Bonchev–Trinajstić information content (AvgIpc) is 3.23. The molecule has 0 unspecified atom stereocenters. The number of anilines is 1. The van der Waals surface area contributed by atoms with Gasteiger partial charge in [0.1, 0.15) is 0 Å². The first-order valence-electron chi connectivity index (χ1n) is 8.55. The number of carbonyl (C=O) groups is 1. The summed E-state index contributed by atoms with van der Waals surface area (Å²) in [6, 6.07) is 10.8. The molecule has 0 aliphatic heterocycles. The first-order chi connectivity index (χ1) is 12.0. The van der Waals surface area contributed by atoms with Gasteiger partial charge in [0.05, 0.1) is 11.3 Å². The maximum atomic E-state index is 12.7. The van der Waals surface area contributed by atoms with E-state index in [-0.39, 0.29) is 5.91 Å². The fraction of sp³-hybridized carbons (Fsp3) is 0.300. The van der Waals surface area contributed by atoms with Crippen LogP contribution in [0.3, 0.4) is 0 Å². The van der Waals surface area contributed by atoms with Gasteiger partial charge in [-0.25, -0.2) is 4.98 Å². The predicted molar refractivity (Wildman–Crippen MR) is 102 cm³/mol. The standard InChI is InChI=1S/C20H21N3OS/c1-12-4-6-15(7-5-12)18-11-25-20(21-18)22-19(24)17-10-13(2)23(14(17)3)16-8-9-16/h4-7,10-11,16H,8-9H2,1-3H3,(H,21,22,24). The molecule has 1 aliphatic rings. The molecule has 0 bridgehead atoms. The van der Waals surface area contributed by atoms with E-state index in [2.05, 4.69) is 53.0 Å². The Morgan fingerprint density at radius 2 is 1.92 bits per heavy atom. The second-order valence-corrected chi connectivity index (χ2v) is 7.60. The molecule has 1 N–H and O–H groups in total. The van der Waals surface area contributed by atoms with Crippen LogP contribution < -0.4 is 5.32 Å². The number of nitrogens with one attached hydrogen (secondary N) is 1. The average molecular weight is 351 g/mol. The molecule has 128 valence electrons. The van der Waals surface area contributed by atoms with Crippen LogP contribution in [-0.4, -0.2) is 15.5 Å². The second kappa shape index (κ2) is 6.15. The van der Waals surface area contributed by atoms with E-state index in [1.54, 1.807) is 0 Å². The molecule has 0 saturated heterocycles. The second-order valence-electron chi connectivity index (χ2n) is 6.74. The summed E-state index contributed by atoms with van der Waals surface area (Å²) in [7, 11) is 0. The van der Waals surface area contributed by atoms with Crippen LogP contribution in [0.4, 0.5) is 5.13 Å². The van der Waals surface area contributed by atoms with Gasteiger partial charge in [-0.1, -0.05) is 29.8 Å². The van der Waals surface area contributed by atoms with Crippen molar-refractivity contribution in [2.75, 3.05) is 5.32 Å². The Morgan fingerprint density at radius 3 is 2.60 bits per heavy atom. The van der Waals surface area contributed by atoms with E-state index in [4.69, 9.17) is 0 Å². The van der Waals surface area contributed by atoms with Gasteiger partial charge < -0.3 is 4.57 Å². The van der Waals surface area contributed by atoms with E-state index in [0.29, 0.717) is 11.2 Å². The largest absolute Gasteiger partial charge is 0.345 e. The number of hydrogen-bond acceptors (Lipinski definition) is 3. The van der Waals surface area contributed by atoms with Crippen LogP contribution >= 0.6 is 11.3 Å². The molecule has 0 atom stereocenters. The number of carbonyl (C=O) groups excluding carboxylic acids is 1. The van der Waals surface area contributed by atoms with E-state index in [1.165, 1.54) is 29.7 Å². The Hall–Kier alpha value is -2.40. The molecule has 0 radical (unpaired) electrons. The normalized spacial score (nSPS) is 13.9. The molecule has 4 rings (SSSR count). The molecular formula is C20H21N3OS. The molecule has 4 nitrogen and oxygen atoms in total. The molecule has 1 saturated carbocycles. The number of rotatable bonds is 4. The fourth-order valence-electron chi connectivity index (χ4n) is 3.25. The summed E-state index contributed by atoms with van der Waals surface area (Å²) in [6.07, 6.45) is 2.42. The lowest BCUT2D eigenvalue weighted by molar-refractivity contribution is 0.102. The third-order valence-electron chi connectivity index (χ3n) is 4.71. The molecule has 2 aromatic heterocycles. The van der Waals surface area contributed by atoms with E-state index in [9.17, 15) is 4.79 Å². The minimum atomic E-state index is -0.0789. The van der Waals surface area contributed by atoms with E-state index in [0.717, 1.165) is 28.2 Å². The molecule has 5 heteroatoms. The van der Waals surface area contributed by atoms with Gasteiger partial charge in [-0.05, 0) is 39.7 Å². The van der Waals surface area contributed by atoms with Gasteiger partial charge in [-0.3, -0.25) is 10.1 Å². The Balaban J connectivity index is 1.54. The minimum absolute atomic E-state index is 0.0789. The minimum Gasteiger partial charge on any atom is -0.345 e. The number of hydrogen-bond donors (Lipinski definition) is 1. The number of benzene rings is 1. The lowest BCUT2D eigenvalue weighted by Crippen LogP contribution is -2.13. The number of amides is 1. The maximum absolute atomic E-state index is 12.7. The monoisotopic (exact) mass is 351 g/mol. The number of nitrogens with zero attached hydrogens (tertiary/aromatic N) is 2. The van der Waals surface area contributed by atoms with Crippen molar-refractivity contribution in [3.8, 4) is 11.3 Å². The van der Waals surface area contributed by atoms with Crippen molar-refractivity contribution in [1.82, 2.24) is 9.55 Å². The van der Waals surface area contributed by atoms with Crippen LogP contribution in [0.15, 0.2) is 35.7 Å². The molecule has 1 aromatic carbocycles. The maximum Gasteiger partial charge on any atom is 0.259 e. The number of aryl methyl sites for hydroxylation is 2. The molecule has 25 heavy (non-hydrogen) atoms. The van der Waals surface area contributed by atoms with E-state index in [1.807, 2.05) is 18.4 Å². The highest BCUT2D eigenvalue weighted by Gasteiger charge is 2.28. The molecule has 0 spiro atoms. The Labute approximate surface area is 151 Å². The van der Waals surface area contributed by atoms with Crippen molar-refractivity contribution in [2.45, 2.75) is 39.7 Å². The van der Waals surface area contributed by atoms with Gasteiger partial charge >= 0.3 is 0 Å². The predicted octanol–water partition coefficient (Wildman–Crippen LogP) is 5.12. The van der Waals surface area contributed by atoms with E-state index >= 15 is 0 Å². The van der Waals surface area contributed by atoms with Crippen LogP contribution in [0, 0.1) is 20.8 Å². The van der Waals surface area contributed by atoms with E-state index < -0.39 is 0 Å². The van der Waals surface area contributed by atoms with Crippen LogP contribution in [0.25, 0.3) is 11.3 Å². The Kier molecular flexibility index (Phi) is 3.96. The van der Waals surface area contributed by atoms with Gasteiger partial charge in [0, 0.05) is 28.4 Å². The highest BCUT2D eigenvalue weighted by atomic mass is 32.1. The van der Waals surface area contributed by atoms with Gasteiger partial charge in [-0.15, -0.1) is 11.3 Å². The van der Waals surface area contributed by atoms with Crippen LogP contribution in [0.2, 0.25) is 0 Å². The van der Waals surface area contributed by atoms with Gasteiger partial charge in [0.15, 0.2) is 5.13 Å². The Morgan fingerprint density at radius 1 is 1.20 bits per heavy atom. The van der Waals surface area contributed by atoms with Crippen LogP contribution in [-0.2, 0) is 0 Å². The number of aromatic nitrogens is 2.